The average Bonchev–Trinajstić information content (AvgIpc) is 2.68. The summed E-state index contributed by atoms with van der Waals surface area (Å²) in [5.74, 6) is 0.281. The van der Waals surface area contributed by atoms with Crippen molar-refractivity contribution in [2.24, 2.45) is 0 Å². The Balaban J connectivity index is 0. The first-order valence-electron chi connectivity index (χ1n) is 10.8. The molecule has 0 fully saturated rings. The van der Waals surface area contributed by atoms with Crippen molar-refractivity contribution in [2.45, 2.75) is 85.0 Å². The number of unbranched alkanes of at least 4 members (excludes halogenated alkanes) is 7. The van der Waals surface area contributed by atoms with Crippen LogP contribution in [0.5, 0.6) is 0 Å². The molecule has 2 N–H and O–H groups in total. The van der Waals surface area contributed by atoms with Crippen LogP contribution in [0.3, 0.4) is 0 Å². The quantitative estimate of drug-likeness (QED) is 0.350. The van der Waals surface area contributed by atoms with Gasteiger partial charge in [-0.25, -0.2) is 0 Å². The lowest BCUT2D eigenvalue weighted by atomic mass is 10.1. The van der Waals surface area contributed by atoms with Gasteiger partial charge >= 0.3 is 0 Å². The SMILES string of the molecule is CC.CCNC(=O)CCCCCCCCCCC(=O)NCCOCCOC. The van der Waals surface area contributed by atoms with Crippen LogP contribution >= 0.6 is 0 Å². The molecule has 0 aliphatic heterocycles. The molecule has 0 spiro atoms. The first kappa shape index (κ1) is 28.1. The van der Waals surface area contributed by atoms with E-state index in [9.17, 15) is 9.59 Å². The van der Waals surface area contributed by atoms with Crippen molar-refractivity contribution < 1.29 is 19.1 Å². The predicted octanol–water partition coefficient (Wildman–Crippen LogP) is 3.83. The van der Waals surface area contributed by atoms with Gasteiger partial charge in [-0.15, -0.1) is 0 Å². The smallest absolute Gasteiger partial charge is 0.220 e. The lowest BCUT2D eigenvalue weighted by Crippen LogP contribution is -2.27. The minimum atomic E-state index is 0.112. The number of amides is 2. The Kier molecular flexibility index (Phi) is 25.8. The molecule has 0 rings (SSSR count). The summed E-state index contributed by atoms with van der Waals surface area (Å²) in [6, 6.07) is 0. The van der Waals surface area contributed by atoms with Crippen LogP contribution in [0.1, 0.15) is 85.0 Å². The standard InChI is InChI=1S/C19H38N2O4.C2H6/c1-3-20-18(22)12-10-8-6-4-5-7-9-11-13-19(23)21-14-15-25-17-16-24-2;1-2/h3-17H2,1-2H3,(H,20,22)(H,21,23);1-2H3. The second-order valence-electron chi connectivity index (χ2n) is 6.24. The summed E-state index contributed by atoms with van der Waals surface area (Å²) in [7, 11) is 1.64. The summed E-state index contributed by atoms with van der Waals surface area (Å²) in [6.45, 7) is 8.92. The molecule has 0 heterocycles. The molecule has 0 aromatic heterocycles. The molecular formula is C21H44N2O4. The van der Waals surface area contributed by atoms with Gasteiger partial charge in [0.15, 0.2) is 0 Å². The monoisotopic (exact) mass is 388 g/mol. The average molecular weight is 389 g/mol. The number of hydrogen-bond acceptors (Lipinski definition) is 4. The molecule has 0 unspecified atom stereocenters. The zero-order chi connectivity index (χ0) is 20.6. The molecule has 6 heteroatoms. The van der Waals surface area contributed by atoms with Gasteiger partial charge in [-0.1, -0.05) is 52.4 Å². The van der Waals surface area contributed by atoms with Gasteiger partial charge in [0.1, 0.15) is 0 Å². The number of hydrogen-bond donors (Lipinski definition) is 2. The summed E-state index contributed by atoms with van der Waals surface area (Å²) in [5.41, 5.74) is 0. The minimum absolute atomic E-state index is 0.112. The van der Waals surface area contributed by atoms with Gasteiger partial charge in [0.2, 0.25) is 11.8 Å². The molecule has 0 bridgehead atoms. The van der Waals surface area contributed by atoms with E-state index in [-0.39, 0.29) is 11.8 Å². The van der Waals surface area contributed by atoms with Crippen molar-refractivity contribution in [1.82, 2.24) is 10.6 Å². The molecule has 0 aliphatic rings. The van der Waals surface area contributed by atoms with E-state index in [1.54, 1.807) is 7.11 Å². The van der Waals surface area contributed by atoms with Crippen molar-refractivity contribution in [2.75, 3.05) is 40.0 Å². The minimum Gasteiger partial charge on any atom is -0.382 e. The van der Waals surface area contributed by atoms with Crippen LogP contribution in [0.15, 0.2) is 0 Å². The maximum atomic E-state index is 11.6. The van der Waals surface area contributed by atoms with Crippen molar-refractivity contribution in [3.05, 3.63) is 0 Å². The number of rotatable bonds is 18. The third-order valence-corrected chi connectivity index (χ3v) is 3.93. The van der Waals surface area contributed by atoms with E-state index < -0.39 is 0 Å². The maximum absolute atomic E-state index is 11.6. The van der Waals surface area contributed by atoms with Gasteiger partial charge in [0.05, 0.1) is 19.8 Å². The molecule has 27 heavy (non-hydrogen) atoms. The van der Waals surface area contributed by atoms with Crippen LogP contribution in [0.2, 0.25) is 0 Å². The van der Waals surface area contributed by atoms with Crippen LogP contribution in [0.4, 0.5) is 0 Å². The van der Waals surface area contributed by atoms with Crippen LogP contribution in [-0.4, -0.2) is 51.8 Å². The lowest BCUT2D eigenvalue weighted by Gasteiger charge is -2.06. The van der Waals surface area contributed by atoms with Gasteiger partial charge in [-0.05, 0) is 19.8 Å². The molecule has 0 atom stereocenters. The molecule has 6 nitrogen and oxygen atoms in total. The van der Waals surface area contributed by atoms with E-state index in [0.717, 1.165) is 32.2 Å². The van der Waals surface area contributed by atoms with Crippen molar-refractivity contribution in [3.8, 4) is 0 Å². The fraction of sp³-hybridized carbons (Fsp3) is 0.905. The maximum Gasteiger partial charge on any atom is 0.220 e. The number of ether oxygens (including phenoxy) is 2. The molecule has 0 saturated carbocycles. The normalized spacial score (nSPS) is 10.1. The Morgan fingerprint density at radius 1 is 0.704 bits per heavy atom. The van der Waals surface area contributed by atoms with E-state index in [1.807, 2.05) is 20.8 Å². The molecular weight excluding hydrogens is 344 g/mol. The number of nitrogens with one attached hydrogen (secondary N) is 2. The summed E-state index contributed by atoms with van der Waals surface area (Å²) in [6.07, 6.45) is 10.3. The van der Waals surface area contributed by atoms with E-state index in [4.69, 9.17) is 9.47 Å². The van der Waals surface area contributed by atoms with Crippen LogP contribution in [0, 0.1) is 0 Å². The van der Waals surface area contributed by atoms with Crippen LogP contribution < -0.4 is 10.6 Å². The zero-order valence-corrected chi connectivity index (χ0v) is 18.2. The Labute approximate surface area is 167 Å². The number of methoxy groups -OCH3 is 1. The Bertz CT molecular complexity index is 325. The Morgan fingerprint density at radius 3 is 1.67 bits per heavy atom. The fourth-order valence-corrected chi connectivity index (χ4v) is 2.51. The molecule has 0 aromatic rings. The predicted molar refractivity (Wildman–Crippen MR) is 112 cm³/mol. The second-order valence-corrected chi connectivity index (χ2v) is 6.24. The van der Waals surface area contributed by atoms with Gasteiger partial charge in [0, 0.05) is 33.0 Å². The van der Waals surface area contributed by atoms with E-state index in [2.05, 4.69) is 10.6 Å². The molecule has 0 aliphatic carbocycles. The topological polar surface area (TPSA) is 76.7 Å². The molecule has 2 amide bonds. The fourth-order valence-electron chi connectivity index (χ4n) is 2.51. The molecule has 0 saturated heterocycles. The van der Waals surface area contributed by atoms with Gasteiger partial charge in [0.25, 0.3) is 0 Å². The highest BCUT2D eigenvalue weighted by Crippen LogP contribution is 2.10. The largest absolute Gasteiger partial charge is 0.382 e. The molecule has 0 aromatic carbocycles. The summed E-state index contributed by atoms with van der Waals surface area (Å²) in [4.78, 5) is 22.9. The number of carbonyl (C=O) groups excluding carboxylic acids is 2. The molecule has 0 radical (unpaired) electrons. The highest BCUT2D eigenvalue weighted by molar-refractivity contribution is 5.76. The van der Waals surface area contributed by atoms with E-state index in [1.165, 1.54) is 25.7 Å². The number of carbonyl (C=O) groups is 2. The van der Waals surface area contributed by atoms with E-state index in [0.29, 0.717) is 39.2 Å². The van der Waals surface area contributed by atoms with Crippen molar-refractivity contribution >= 4 is 11.8 Å². The Hall–Kier alpha value is -1.14. The van der Waals surface area contributed by atoms with Crippen LogP contribution in [0.25, 0.3) is 0 Å². The zero-order valence-electron chi connectivity index (χ0n) is 18.2. The first-order valence-corrected chi connectivity index (χ1v) is 10.8. The molecule has 162 valence electrons. The van der Waals surface area contributed by atoms with Crippen LogP contribution in [-0.2, 0) is 19.1 Å². The highest BCUT2D eigenvalue weighted by atomic mass is 16.5. The van der Waals surface area contributed by atoms with E-state index >= 15 is 0 Å². The van der Waals surface area contributed by atoms with Gasteiger partial charge in [-0.2, -0.15) is 0 Å². The first-order chi connectivity index (χ1) is 13.2. The van der Waals surface area contributed by atoms with Crippen molar-refractivity contribution in [1.29, 1.82) is 0 Å². The Morgan fingerprint density at radius 2 is 1.19 bits per heavy atom. The third-order valence-electron chi connectivity index (χ3n) is 3.93. The van der Waals surface area contributed by atoms with Crippen molar-refractivity contribution in [3.63, 3.8) is 0 Å². The lowest BCUT2D eigenvalue weighted by molar-refractivity contribution is -0.122. The van der Waals surface area contributed by atoms with Gasteiger partial charge < -0.3 is 20.1 Å². The second kappa shape index (κ2) is 24.9. The van der Waals surface area contributed by atoms with Gasteiger partial charge in [-0.3, -0.25) is 9.59 Å². The third kappa shape index (κ3) is 24.9. The summed E-state index contributed by atoms with van der Waals surface area (Å²) >= 11 is 0. The summed E-state index contributed by atoms with van der Waals surface area (Å²) < 4.78 is 10.2. The highest BCUT2D eigenvalue weighted by Gasteiger charge is 2.01. The summed E-state index contributed by atoms with van der Waals surface area (Å²) in [5, 5.41) is 5.69.